The number of likely N-dealkylation sites (tertiary alicyclic amines) is 1. The quantitative estimate of drug-likeness (QED) is 0.777. The van der Waals surface area contributed by atoms with Crippen molar-refractivity contribution in [1.82, 2.24) is 4.90 Å². The molecule has 6 heteroatoms. The van der Waals surface area contributed by atoms with Gasteiger partial charge in [0.2, 0.25) is 0 Å². The summed E-state index contributed by atoms with van der Waals surface area (Å²) in [7, 11) is 0. The molecular formula is C17H23BrClNO3. The maximum absolute atomic E-state index is 12.3. The second kappa shape index (κ2) is 7.41. The van der Waals surface area contributed by atoms with Crippen LogP contribution in [0.3, 0.4) is 0 Å². The molecule has 1 heterocycles. The van der Waals surface area contributed by atoms with Gasteiger partial charge in [-0.05, 0) is 57.7 Å². The largest absolute Gasteiger partial charge is 0.444 e. The highest BCUT2D eigenvalue weighted by Crippen LogP contribution is 2.32. The van der Waals surface area contributed by atoms with Gasteiger partial charge in [0.15, 0.2) is 0 Å². The van der Waals surface area contributed by atoms with Crippen molar-refractivity contribution in [3.05, 3.63) is 33.3 Å². The molecule has 2 rings (SSSR count). The van der Waals surface area contributed by atoms with Gasteiger partial charge in [0, 0.05) is 22.1 Å². The van der Waals surface area contributed by atoms with Gasteiger partial charge in [-0.3, -0.25) is 0 Å². The number of benzene rings is 1. The summed E-state index contributed by atoms with van der Waals surface area (Å²) in [5.74, 6) is 0. The van der Waals surface area contributed by atoms with Crippen molar-refractivity contribution >= 4 is 33.6 Å². The molecule has 0 aromatic heterocycles. The number of hydrogen-bond donors (Lipinski definition) is 1. The highest BCUT2D eigenvalue weighted by atomic mass is 79.9. The monoisotopic (exact) mass is 403 g/mol. The van der Waals surface area contributed by atoms with Crippen LogP contribution in [0.5, 0.6) is 0 Å². The van der Waals surface area contributed by atoms with Gasteiger partial charge in [-0.2, -0.15) is 0 Å². The van der Waals surface area contributed by atoms with Crippen molar-refractivity contribution in [3.63, 3.8) is 0 Å². The molecule has 1 saturated heterocycles. The summed E-state index contributed by atoms with van der Waals surface area (Å²) in [6.45, 7) is 6.23. The van der Waals surface area contributed by atoms with E-state index in [1.54, 1.807) is 11.0 Å². The lowest BCUT2D eigenvalue weighted by Crippen LogP contribution is -2.40. The average Bonchev–Trinajstić information content (AvgIpc) is 2.84. The molecule has 1 aliphatic rings. The molecule has 1 fully saturated rings. The predicted octanol–water partition coefficient (Wildman–Crippen LogP) is 4.93. The first-order valence-electron chi connectivity index (χ1n) is 7.80. The Kier molecular flexibility index (Phi) is 5.98. The normalized spacial score (nSPS) is 19.7. The van der Waals surface area contributed by atoms with Crippen LogP contribution in [0, 0.1) is 0 Å². The molecule has 2 unspecified atom stereocenters. The number of hydrogen-bond acceptors (Lipinski definition) is 3. The number of halogens is 2. The van der Waals surface area contributed by atoms with Crippen LogP contribution < -0.4 is 0 Å². The van der Waals surface area contributed by atoms with E-state index >= 15 is 0 Å². The first kappa shape index (κ1) is 18.6. The number of amides is 1. The zero-order valence-electron chi connectivity index (χ0n) is 13.7. The SMILES string of the molecule is CC(C)(C)OC(=O)N1CCCC1CC(O)c1ccc(Br)cc1Cl. The summed E-state index contributed by atoms with van der Waals surface area (Å²) in [5, 5.41) is 11.0. The van der Waals surface area contributed by atoms with Crippen LogP contribution in [0.4, 0.5) is 4.79 Å². The van der Waals surface area contributed by atoms with Crippen molar-refractivity contribution in [3.8, 4) is 0 Å². The third-order valence-corrected chi connectivity index (χ3v) is 4.64. The summed E-state index contributed by atoms with van der Waals surface area (Å²) in [5.41, 5.74) is 0.170. The van der Waals surface area contributed by atoms with E-state index < -0.39 is 11.7 Å². The van der Waals surface area contributed by atoms with Gasteiger partial charge in [-0.1, -0.05) is 33.6 Å². The van der Waals surface area contributed by atoms with E-state index in [-0.39, 0.29) is 12.1 Å². The minimum Gasteiger partial charge on any atom is -0.444 e. The molecule has 1 amide bonds. The standard InChI is InChI=1S/C17H23BrClNO3/c1-17(2,3)23-16(22)20-8-4-5-12(20)10-15(21)13-7-6-11(18)9-14(13)19/h6-7,9,12,15,21H,4-5,8,10H2,1-3H3. The topological polar surface area (TPSA) is 49.8 Å². The van der Waals surface area contributed by atoms with Crippen molar-refractivity contribution in [2.75, 3.05) is 6.54 Å². The van der Waals surface area contributed by atoms with Gasteiger partial charge in [-0.25, -0.2) is 4.79 Å². The molecule has 0 aliphatic carbocycles. The molecule has 4 nitrogen and oxygen atoms in total. The van der Waals surface area contributed by atoms with E-state index in [0.29, 0.717) is 23.6 Å². The molecule has 2 atom stereocenters. The van der Waals surface area contributed by atoms with Gasteiger partial charge < -0.3 is 14.7 Å². The minimum atomic E-state index is -0.705. The maximum Gasteiger partial charge on any atom is 0.410 e. The Bertz CT molecular complexity index is 573. The van der Waals surface area contributed by atoms with Gasteiger partial charge >= 0.3 is 6.09 Å². The molecule has 1 aromatic rings. The Morgan fingerprint density at radius 2 is 2.22 bits per heavy atom. The molecular weight excluding hydrogens is 382 g/mol. The fraction of sp³-hybridized carbons (Fsp3) is 0.588. The smallest absolute Gasteiger partial charge is 0.410 e. The Morgan fingerprint density at radius 1 is 1.52 bits per heavy atom. The highest BCUT2D eigenvalue weighted by molar-refractivity contribution is 9.10. The number of aliphatic hydroxyl groups is 1. The minimum absolute atomic E-state index is 0.0282. The summed E-state index contributed by atoms with van der Waals surface area (Å²) >= 11 is 9.56. The summed E-state index contributed by atoms with van der Waals surface area (Å²) in [4.78, 5) is 14.0. The summed E-state index contributed by atoms with van der Waals surface area (Å²) in [6, 6.07) is 5.40. The molecule has 1 aliphatic heterocycles. The van der Waals surface area contributed by atoms with E-state index in [1.807, 2.05) is 32.9 Å². The molecule has 0 saturated carbocycles. The molecule has 0 radical (unpaired) electrons. The molecule has 1 N–H and O–H groups in total. The molecule has 23 heavy (non-hydrogen) atoms. The number of carbonyl (C=O) groups is 1. The third kappa shape index (κ3) is 5.10. The molecule has 1 aromatic carbocycles. The van der Waals surface area contributed by atoms with E-state index in [9.17, 15) is 9.90 Å². The van der Waals surface area contributed by atoms with Crippen LogP contribution in [0.1, 0.15) is 51.7 Å². The lowest BCUT2D eigenvalue weighted by atomic mass is 10.0. The second-order valence-corrected chi connectivity index (χ2v) is 8.21. The number of ether oxygens (including phenoxy) is 1. The van der Waals surface area contributed by atoms with Crippen LogP contribution >= 0.6 is 27.5 Å². The fourth-order valence-corrected chi connectivity index (χ4v) is 3.60. The van der Waals surface area contributed by atoms with E-state index in [1.165, 1.54) is 0 Å². The number of aliphatic hydroxyl groups excluding tert-OH is 1. The number of rotatable bonds is 3. The van der Waals surface area contributed by atoms with Crippen LogP contribution in [0.25, 0.3) is 0 Å². The number of nitrogens with zero attached hydrogens (tertiary/aromatic N) is 1. The summed E-state index contributed by atoms with van der Waals surface area (Å²) in [6.07, 6.45) is 1.23. The predicted molar refractivity (Wildman–Crippen MR) is 94.7 cm³/mol. The van der Waals surface area contributed by atoms with Crippen LogP contribution in [0.2, 0.25) is 5.02 Å². The van der Waals surface area contributed by atoms with Crippen LogP contribution in [-0.4, -0.2) is 34.3 Å². The van der Waals surface area contributed by atoms with E-state index in [4.69, 9.17) is 16.3 Å². The zero-order chi connectivity index (χ0) is 17.2. The van der Waals surface area contributed by atoms with Crippen molar-refractivity contribution in [2.45, 2.75) is 57.8 Å². The fourth-order valence-electron chi connectivity index (χ4n) is 2.80. The van der Waals surface area contributed by atoms with Gasteiger partial charge in [0.1, 0.15) is 5.60 Å². The van der Waals surface area contributed by atoms with Gasteiger partial charge in [-0.15, -0.1) is 0 Å². The molecule has 0 spiro atoms. The lowest BCUT2D eigenvalue weighted by Gasteiger charge is -2.29. The zero-order valence-corrected chi connectivity index (χ0v) is 16.0. The van der Waals surface area contributed by atoms with E-state index in [2.05, 4.69) is 15.9 Å². The van der Waals surface area contributed by atoms with Crippen molar-refractivity contribution in [1.29, 1.82) is 0 Å². The van der Waals surface area contributed by atoms with Gasteiger partial charge in [0.05, 0.1) is 6.10 Å². The highest BCUT2D eigenvalue weighted by Gasteiger charge is 2.33. The first-order chi connectivity index (χ1) is 10.7. The summed E-state index contributed by atoms with van der Waals surface area (Å²) < 4.78 is 6.32. The molecule has 0 bridgehead atoms. The maximum atomic E-state index is 12.3. The Hall–Kier alpha value is -0.780. The third-order valence-electron chi connectivity index (χ3n) is 3.82. The lowest BCUT2D eigenvalue weighted by molar-refractivity contribution is 0.0178. The Morgan fingerprint density at radius 3 is 2.83 bits per heavy atom. The Labute approximate surface area is 150 Å². The van der Waals surface area contributed by atoms with Crippen LogP contribution in [-0.2, 0) is 4.74 Å². The second-order valence-electron chi connectivity index (χ2n) is 6.89. The Balaban J connectivity index is 2.04. The van der Waals surface area contributed by atoms with Crippen molar-refractivity contribution in [2.24, 2.45) is 0 Å². The first-order valence-corrected chi connectivity index (χ1v) is 8.97. The van der Waals surface area contributed by atoms with Gasteiger partial charge in [0.25, 0.3) is 0 Å². The van der Waals surface area contributed by atoms with Crippen molar-refractivity contribution < 1.29 is 14.6 Å². The number of carbonyl (C=O) groups excluding carboxylic acids is 1. The van der Waals surface area contributed by atoms with Crippen LogP contribution in [0.15, 0.2) is 22.7 Å². The van der Waals surface area contributed by atoms with E-state index in [0.717, 1.165) is 17.3 Å². The average molecular weight is 405 g/mol. The molecule has 128 valence electrons.